The molecule has 0 aliphatic carbocycles. The van der Waals surface area contributed by atoms with E-state index in [0.29, 0.717) is 5.92 Å². The molecule has 2 heterocycles. The summed E-state index contributed by atoms with van der Waals surface area (Å²) in [7, 11) is 0. The lowest BCUT2D eigenvalue weighted by molar-refractivity contribution is 0.282. The van der Waals surface area contributed by atoms with Gasteiger partial charge in [0.15, 0.2) is 0 Å². The number of pyridine rings is 1. The van der Waals surface area contributed by atoms with Gasteiger partial charge >= 0.3 is 0 Å². The van der Waals surface area contributed by atoms with Crippen LogP contribution < -0.4 is 0 Å². The summed E-state index contributed by atoms with van der Waals surface area (Å²) in [5, 5.41) is 8.98. The summed E-state index contributed by atoms with van der Waals surface area (Å²) in [6.45, 7) is 4.32. The molecule has 1 N–H and O–H groups in total. The molecule has 0 saturated carbocycles. The minimum atomic E-state index is 0.0820. The maximum atomic E-state index is 8.98. The lowest BCUT2D eigenvalue weighted by atomic mass is 10.2. The van der Waals surface area contributed by atoms with E-state index in [2.05, 4.69) is 23.2 Å². The molecule has 0 radical (unpaired) electrons. The Balaban J connectivity index is 2.59. The van der Waals surface area contributed by atoms with Gasteiger partial charge in [-0.15, -0.1) is 0 Å². The van der Waals surface area contributed by atoms with Crippen LogP contribution in [0.3, 0.4) is 0 Å². The molecule has 14 heavy (non-hydrogen) atoms. The number of hydrogen-bond acceptors (Lipinski definition) is 2. The third-order valence-electron chi connectivity index (χ3n) is 2.32. The molecule has 2 aromatic rings. The molecule has 3 nitrogen and oxygen atoms in total. The van der Waals surface area contributed by atoms with E-state index in [9.17, 15) is 0 Å². The molecule has 0 spiro atoms. The Morgan fingerprint density at radius 1 is 1.50 bits per heavy atom. The molecule has 2 rings (SSSR count). The SMILES string of the molecule is CC(C)c1ncc2cc(CO)ccn12. The van der Waals surface area contributed by atoms with E-state index in [1.54, 1.807) is 0 Å². The molecule has 3 heteroatoms. The molecule has 0 atom stereocenters. The average molecular weight is 190 g/mol. The first kappa shape index (κ1) is 9.21. The van der Waals surface area contributed by atoms with Crippen molar-refractivity contribution in [1.82, 2.24) is 9.38 Å². The van der Waals surface area contributed by atoms with Crippen LogP contribution in [0.1, 0.15) is 31.2 Å². The van der Waals surface area contributed by atoms with E-state index < -0.39 is 0 Å². The van der Waals surface area contributed by atoms with Gasteiger partial charge in [-0.05, 0) is 17.7 Å². The molecule has 0 unspecified atom stereocenters. The lowest BCUT2D eigenvalue weighted by Crippen LogP contribution is -1.97. The van der Waals surface area contributed by atoms with Crippen molar-refractivity contribution in [3.8, 4) is 0 Å². The highest BCUT2D eigenvalue weighted by Gasteiger charge is 2.06. The summed E-state index contributed by atoms with van der Waals surface area (Å²) < 4.78 is 2.06. The molecule has 0 aliphatic heterocycles. The van der Waals surface area contributed by atoms with Gasteiger partial charge in [-0.25, -0.2) is 4.98 Å². The van der Waals surface area contributed by atoms with Crippen molar-refractivity contribution < 1.29 is 5.11 Å². The molecule has 0 amide bonds. The van der Waals surface area contributed by atoms with Crippen LogP contribution in [0, 0.1) is 0 Å². The summed E-state index contributed by atoms with van der Waals surface area (Å²) in [6, 6.07) is 3.87. The van der Waals surface area contributed by atoms with Crippen LogP contribution in [0.2, 0.25) is 0 Å². The Morgan fingerprint density at radius 2 is 2.29 bits per heavy atom. The number of hydrogen-bond donors (Lipinski definition) is 1. The molecule has 0 saturated heterocycles. The minimum Gasteiger partial charge on any atom is -0.392 e. The van der Waals surface area contributed by atoms with Gasteiger partial charge in [0.25, 0.3) is 0 Å². The third kappa shape index (κ3) is 1.40. The van der Waals surface area contributed by atoms with Crippen molar-refractivity contribution in [1.29, 1.82) is 0 Å². The normalized spacial score (nSPS) is 11.4. The van der Waals surface area contributed by atoms with Crippen molar-refractivity contribution in [3.05, 3.63) is 35.9 Å². The quantitative estimate of drug-likeness (QED) is 0.786. The van der Waals surface area contributed by atoms with E-state index in [-0.39, 0.29) is 6.61 Å². The second kappa shape index (κ2) is 3.42. The van der Waals surface area contributed by atoms with Gasteiger partial charge in [-0.3, -0.25) is 0 Å². The Hall–Kier alpha value is -1.35. The third-order valence-corrected chi connectivity index (χ3v) is 2.32. The predicted octanol–water partition coefficient (Wildman–Crippen LogP) is 1.95. The molecule has 0 aliphatic rings. The van der Waals surface area contributed by atoms with Gasteiger partial charge in [-0.2, -0.15) is 0 Å². The summed E-state index contributed by atoms with van der Waals surface area (Å²) in [5.41, 5.74) is 1.97. The van der Waals surface area contributed by atoms with Gasteiger partial charge in [0, 0.05) is 12.1 Å². The fourth-order valence-corrected chi connectivity index (χ4v) is 1.59. The van der Waals surface area contributed by atoms with Crippen LogP contribution in [-0.4, -0.2) is 14.5 Å². The van der Waals surface area contributed by atoms with Crippen LogP contribution in [0.5, 0.6) is 0 Å². The maximum absolute atomic E-state index is 8.98. The highest BCUT2D eigenvalue weighted by atomic mass is 16.3. The van der Waals surface area contributed by atoms with Crippen LogP contribution in [0.25, 0.3) is 5.52 Å². The van der Waals surface area contributed by atoms with E-state index in [0.717, 1.165) is 16.9 Å². The zero-order valence-electron chi connectivity index (χ0n) is 8.44. The van der Waals surface area contributed by atoms with Crippen molar-refractivity contribution >= 4 is 5.52 Å². The van der Waals surface area contributed by atoms with E-state index >= 15 is 0 Å². The summed E-state index contributed by atoms with van der Waals surface area (Å²) in [6.07, 6.45) is 3.80. The second-order valence-electron chi connectivity index (χ2n) is 3.76. The van der Waals surface area contributed by atoms with Crippen LogP contribution >= 0.6 is 0 Å². The number of fused-ring (bicyclic) bond motifs is 1. The molecule has 0 aromatic carbocycles. The van der Waals surface area contributed by atoms with Crippen molar-refractivity contribution in [2.75, 3.05) is 0 Å². The van der Waals surface area contributed by atoms with Gasteiger partial charge in [0.1, 0.15) is 5.82 Å². The summed E-state index contributed by atoms with van der Waals surface area (Å²) >= 11 is 0. The summed E-state index contributed by atoms with van der Waals surface area (Å²) in [4.78, 5) is 4.35. The Bertz CT molecular complexity index is 445. The molecule has 2 aromatic heterocycles. The molecule has 0 fully saturated rings. The van der Waals surface area contributed by atoms with Crippen molar-refractivity contribution in [2.45, 2.75) is 26.4 Å². The van der Waals surface area contributed by atoms with Crippen molar-refractivity contribution in [2.24, 2.45) is 0 Å². The van der Waals surface area contributed by atoms with Crippen LogP contribution in [0.4, 0.5) is 0 Å². The first-order chi connectivity index (χ1) is 6.72. The lowest BCUT2D eigenvalue weighted by Gasteiger charge is -2.04. The van der Waals surface area contributed by atoms with Gasteiger partial charge in [-0.1, -0.05) is 13.8 Å². The Kier molecular flexibility index (Phi) is 2.25. The van der Waals surface area contributed by atoms with Crippen molar-refractivity contribution in [3.63, 3.8) is 0 Å². The topological polar surface area (TPSA) is 37.5 Å². The fourth-order valence-electron chi connectivity index (χ4n) is 1.59. The number of rotatable bonds is 2. The highest BCUT2D eigenvalue weighted by molar-refractivity contribution is 5.48. The first-order valence-corrected chi connectivity index (χ1v) is 4.79. The predicted molar refractivity (Wildman–Crippen MR) is 55.2 cm³/mol. The maximum Gasteiger partial charge on any atom is 0.115 e. The molecular weight excluding hydrogens is 176 g/mol. The minimum absolute atomic E-state index is 0.0820. The van der Waals surface area contributed by atoms with Gasteiger partial charge in [0.2, 0.25) is 0 Å². The van der Waals surface area contributed by atoms with Gasteiger partial charge in [0.05, 0.1) is 18.3 Å². The summed E-state index contributed by atoms with van der Waals surface area (Å²) in [5.74, 6) is 1.47. The Labute approximate surface area is 83.0 Å². The first-order valence-electron chi connectivity index (χ1n) is 4.79. The molecule has 74 valence electrons. The van der Waals surface area contributed by atoms with Crippen LogP contribution in [0.15, 0.2) is 24.5 Å². The highest BCUT2D eigenvalue weighted by Crippen LogP contribution is 2.16. The fraction of sp³-hybridized carbons (Fsp3) is 0.364. The second-order valence-corrected chi connectivity index (χ2v) is 3.76. The zero-order chi connectivity index (χ0) is 10.1. The standard InChI is InChI=1S/C11H14N2O/c1-8(2)11-12-6-10-5-9(7-14)3-4-13(10)11/h3-6,8,14H,7H2,1-2H3. The largest absolute Gasteiger partial charge is 0.392 e. The monoisotopic (exact) mass is 190 g/mol. The zero-order valence-corrected chi connectivity index (χ0v) is 8.44. The van der Waals surface area contributed by atoms with Crippen LogP contribution in [-0.2, 0) is 6.61 Å². The number of nitrogens with zero attached hydrogens (tertiary/aromatic N) is 2. The number of aromatic nitrogens is 2. The van der Waals surface area contributed by atoms with E-state index in [1.807, 2.05) is 24.5 Å². The number of imidazole rings is 1. The molecular formula is C11H14N2O. The van der Waals surface area contributed by atoms with E-state index in [1.165, 1.54) is 0 Å². The van der Waals surface area contributed by atoms with E-state index in [4.69, 9.17) is 5.11 Å². The average Bonchev–Trinajstić information content (AvgIpc) is 2.59. The number of aliphatic hydroxyl groups is 1. The smallest absolute Gasteiger partial charge is 0.115 e. The Morgan fingerprint density at radius 3 is 2.93 bits per heavy atom. The van der Waals surface area contributed by atoms with Gasteiger partial charge < -0.3 is 9.51 Å². The number of aliphatic hydroxyl groups excluding tert-OH is 1. The molecule has 0 bridgehead atoms.